The SMILES string of the molecule is CC(C)(C)OC(=O)N(c1cc(-c2ccc(O)cc2)nc2c(C=O)cnn12)C1CC1.O=Cc1cnn2c(NC3CC3)cc(-c3ccc(O)cc3)nc12. The lowest BCUT2D eigenvalue weighted by atomic mass is 10.1. The van der Waals surface area contributed by atoms with E-state index in [1.54, 1.807) is 64.0 Å². The maximum Gasteiger partial charge on any atom is 0.416 e. The average molecular weight is 689 g/mol. The monoisotopic (exact) mass is 688 g/mol. The number of nitrogens with zero attached hydrogens (tertiary/aromatic N) is 7. The number of aldehydes is 2. The molecule has 0 saturated heterocycles. The number of hydrogen-bond acceptors (Lipinski definition) is 11. The normalized spacial score (nSPS) is 14.1. The van der Waals surface area contributed by atoms with Gasteiger partial charge < -0.3 is 20.3 Å². The number of aromatic hydroxyl groups is 2. The number of hydrogen-bond donors (Lipinski definition) is 3. The van der Waals surface area contributed by atoms with Crippen molar-refractivity contribution in [2.45, 2.75) is 64.1 Å². The third-order valence-corrected chi connectivity index (χ3v) is 8.24. The molecule has 2 aliphatic carbocycles. The maximum absolute atomic E-state index is 13.0. The number of carbonyl (C=O) groups is 3. The summed E-state index contributed by atoms with van der Waals surface area (Å²) in [4.78, 5) is 46.4. The zero-order chi connectivity index (χ0) is 35.9. The van der Waals surface area contributed by atoms with Gasteiger partial charge in [-0.1, -0.05) is 0 Å². The van der Waals surface area contributed by atoms with Gasteiger partial charge in [0.1, 0.15) is 28.7 Å². The van der Waals surface area contributed by atoms with E-state index in [4.69, 9.17) is 4.74 Å². The van der Waals surface area contributed by atoms with Crippen molar-refractivity contribution in [3.05, 3.63) is 84.2 Å². The topological polar surface area (TPSA) is 177 Å². The fourth-order valence-corrected chi connectivity index (χ4v) is 5.45. The van der Waals surface area contributed by atoms with Crippen LogP contribution in [0, 0.1) is 0 Å². The summed E-state index contributed by atoms with van der Waals surface area (Å²) >= 11 is 0. The zero-order valence-corrected chi connectivity index (χ0v) is 28.2. The summed E-state index contributed by atoms with van der Waals surface area (Å²) in [7, 11) is 0. The lowest BCUT2D eigenvalue weighted by Gasteiger charge is -2.27. The van der Waals surface area contributed by atoms with Crippen molar-refractivity contribution in [1.82, 2.24) is 29.2 Å². The first-order valence-electron chi connectivity index (χ1n) is 16.6. The fraction of sp³-hybridized carbons (Fsp3) is 0.270. The highest BCUT2D eigenvalue weighted by Crippen LogP contribution is 2.36. The Labute approximate surface area is 292 Å². The molecule has 1 amide bonds. The van der Waals surface area contributed by atoms with Crippen molar-refractivity contribution >= 4 is 41.6 Å². The second kappa shape index (κ2) is 13.2. The van der Waals surface area contributed by atoms with E-state index in [0.29, 0.717) is 46.3 Å². The zero-order valence-electron chi connectivity index (χ0n) is 28.2. The van der Waals surface area contributed by atoms with Crippen molar-refractivity contribution in [3.8, 4) is 34.0 Å². The first kappa shape index (κ1) is 33.2. The molecule has 51 heavy (non-hydrogen) atoms. The van der Waals surface area contributed by atoms with Crippen LogP contribution in [0.2, 0.25) is 0 Å². The number of phenolic OH excluding ortho intramolecular Hbond substituents is 2. The third kappa shape index (κ3) is 7.20. The molecule has 2 fully saturated rings. The molecular formula is C37H36N8O6. The molecule has 6 aromatic rings. The van der Waals surface area contributed by atoms with E-state index in [-0.39, 0.29) is 17.5 Å². The molecule has 2 saturated carbocycles. The van der Waals surface area contributed by atoms with Crippen molar-refractivity contribution in [1.29, 1.82) is 0 Å². The van der Waals surface area contributed by atoms with Crippen molar-refractivity contribution in [2.24, 2.45) is 0 Å². The fourth-order valence-electron chi connectivity index (χ4n) is 5.45. The van der Waals surface area contributed by atoms with Gasteiger partial charge in [-0.15, -0.1) is 0 Å². The van der Waals surface area contributed by atoms with Crippen LogP contribution >= 0.6 is 0 Å². The lowest BCUT2D eigenvalue weighted by molar-refractivity contribution is 0.0575. The Morgan fingerprint density at radius 1 is 0.804 bits per heavy atom. The molecule has 0 spiro atoms. The van der Waals surface area contributed by atoms with Crippen LogP contribution in [0.3, 0.4) is 0 Å². The van der Waals surface area contributed by atoms with Gasteiger partial charge in [0.2, 0.25) is 0 Å². The molecule has 0 unspecified atom stereocenters. The largest absolute Gasteiger partial charge is 0.508 e. The quantitative estimate of drug-likeness (QED) is 0.153. The van der Waals surface area contributed by atoms with Crippen LogP contribution in [0.5, 0.6) is 11.5 Å². The van der Waals surface area contributed by atoms with Crippen LogP contribution in [0.4, 0.5) is 16.4 Å². The van der Waals surface area contributed by atoms with Gasteiger partial charge in [0.05, 0.1) is 34.9 Å². The highest BCUT2D eigenvalue weighted by molar-refractivity contribution is 5.91. The van der Waals surface area contributed by atoms with Crippen molar-refractivity contribution in [2.75, 3.05) is 10.2 Å². The minimum absolute atomic E-state index is 0.00648. The Hall–Kier alpha value is -6.31. The molecule has 4 aromatic heterocycles. The molecule has 4 heterocycles. The summed E-state index contributed by atoms with van der Waals surface area (Å²) in [6.45, 7) is 5.45. The van der Waals surface area contributed by atoms with Crippen LogP contribution in [0.25, 0.3) is 33.8 Å². The molecule has 0 atom stereocenters. The molecule has 0 bridgehead atoms. The number of aromatic nitrogens is 6. The molecule has 8 rings (SSSR count). The minimum atomic E-state index is -0.645. The van der Waals surface area contributed by atoms with Crippen LogP contribution in [0.1, 0.15) is 67.2 Å². The van der Waals surface area contributed by atoms with E-state index in [1.807, 2.05) is 26.8 Å². The summed E-state index contributed by atoms with van der Waals surface area (Å²) in [5.74, 6) is 1.66. The van der Waals surface area contributed by atoms with E-state index in [1.165, 1.54) is 16.9 Å². The van der Waals surface area contributed by atoms with Gasteiger partial charge in [0, 0.05) is 35.3 Å². The third-order valence-electron chi connectivity index (χ3n) is 8.24. The lowest BCUT2D eigenvalue weighted by Crippen LogP contribution is -2.39. The number of carbonyl (C=O) groups excluding carboxylic acids is 3. The number of benzene rings is 2. The molecule has 0 radical (unpaired) electrons. The van der Waals surface area contributed by atoms with Gasteiger partial charge in [-0.2, -0.15) is 19.2 Å². The summed E-state index contributed by atoms with van der Waals surface area (Å²) in [5, 5.41) is 30.9. The van der Waals surface area contributed by atoms with E-state index < -0.39 is 11.7 Å². The van der Waals surface area contributed by atoms with Gasteiger partial charge in [-0.25, -0.2) is 14.8 Å². The first-order valence-corrected chi connectivity index (χ1v) is 16.6. The predicted octanol–water partition coefficient (Wildman–Crippen LogP) is 6.31. The molecule has 2 aromatic carbocycles. The Bertz CT molecular complexity index is 2250. The number of phenols is 2. The molecule has 14 heteroatoms. The van der Waals surface area contributed by atoms with Crippen molar-refractivity contribution < 1.29 is 29.3 Å². The standard InChI is InChI=1S/C21H22N4O4.C16H14N4O2/c1-21(2,3)29-20(28)24(15-6-7-15)18-10-17(13-4-8-16(27)9-5-13)23-19-14(12-26)11-22-25(18)19;21-9-11-8-17-20-15(18-12-3-4-12)7-14(19-16(11)20)10-1-5-13(22)6-2-10/h4-5,8-12,15,27H,6-7H2,1-3H3;1-2,5-9,12,18,22H,3-4H2. The van der Waals surface area contributed by atoms with Crippen LogP contribution in [-0.2, 0) is 4.74 Å². The van der Waals surface area contributed by atoms with Crippen molar-refractivity contribution in [3.63, 3.8) is 0 Å². The molecule has 0 aliphatic heterocycles. The van der Waals surface area contributed by atoms with E-state index in [2.05, 4.69) is 25.5 Å². The number of nitrogens with one attached hydrogen (secondary N) is 1. The summed E-state index contributed by atoms with van der Waals surface area (Å²) in [5.41, 5.74) is 3.94. The molecule has 2 aliphatic rings. The number of fused-ring (bicyclic) bond motifs is 2. The smallest absolute Gasteiger partial charge is 0.416 e. The van der Waals surface area contributed by atoms with Crippen LogP contribution in [-0.4, -0.2) is 75.8 Å². The Morgan fingerprint density at radius 2 is 1.31 bits per heavy atom. The van der Waals surface area contributed by atoms with E-state index in [9.17, 15) is 24.6 Å². The molecule has 14 nitrogen and oxygen atoms in total. The minimum Gasteiger partial charge on any atom is -0.508 e. The Balaban J connectivity index is 0.000000165. The Kier molecular flexibility index (Phi) is 8.59. The van der Waals surface area contributed by atoms with E-state index >= 15 is 0 Å². The summed E-state index contributed by atoms with van der Waals surface area (Å²) in [6, 6.07) is 17.5. The molecule has 260 valence electrons. The predicted molar refractivity (Wildman–Crippen MR) is 189 cm³/mol. The van der Waals surface area contributed by atoms with Crippen LogP contribution < -0.4 is 10.2 Å². The van der Waals surface area contributed by atoms with Gasteiger partial charge in [-0.05, 0) is 95.0 Å². The van der Waals surface area contributed by atoms with Crippen LogP contribution in [0.15, 0.2) is 73.1 Å². The van der Waals surface area contributed by atoms with Gasteiger partial charge in [0.25, 0.3) is 0 Å². The van der Waals surface area contributed by atoms with Gasteiger partial charge >= 0.3 is 6.09 Å². The number of anilines is 2. The molecular weight excluding hydrogens is 652 g/mol. The first-order chi connectivity index (χ1) is 24.5. The second-order valence-electron chi connectivity index (χ2n) is 13.5. The second-order valence-corrected chi connectivity index (χ2v) is 13.5. The van der Waals surface area contributed by atoms with E-state index in [0.717, 1.165) is 54.6 Å². The summed E-state index contributed by atoms with van der Waals surface area (Å²) < 4.78 is 8.78. The molecule has 3 N–H and O–H groups in total. The number of ether oxygens (including phenoxy) is 1. The highest BCUT2D eigenvalue weighted by Gasteiger charge is 2.38. The number of amides is 1. The average Bonchev–Trinajstić information content (AvgIpc) is 4.03. The highest BCUT2D eigenvalue weighted by atomic mass is 16.6. The summed E-state index contributed by atoms with van der Waals surface area (Å²) in [6.07, 6.45) is 7.94. The van der Waals surface area contributed by atoms with Gasteiger partial charge in [0.15, 0.2) is 23.9 Å². The number of rotatable bonds is 8. The maximum atomic E-state index is 13.0. The Morgan fingerprint density at radius 3 is 1.80 bits per heavy atom. The van der Waals surface area contributed by atoms with Gasteiger partial charge in [-0.3, -0.25) is 14.5 Å².